The first-order chi connectivity index (χ1) is 9.92. The first-order valence-corrected chi connectivity index (χ1v) is 6.78. The van der Waals surface area contributed by atoms with E-state index in [9.17, 15) is 14.9 Å². The molecule has 0 unspecified atom stereocenters. The second kappa shape index (κ2) is 7.58. The van der Waals surface area contributed by atoms with Crippen LogP contribution >= 0.6 is 0 Å². The minimum Gasteiger partial charge on any atom is -0.396 e. The SMILES string of the molecule is CCN(CCCO)c1cc(C(=O)N(C)C)ccc1[N+](=O)[O-]. The molecular formula is C14H21N3O4. The first kappa shape index (κ1) is 16.9. The van der Waals surface area contributed by atoms with Gasteiger partial charge in [-0.05, 0) is 25.5 Å². The van der Waals surface area contributed by atoms with E-state index in [4.69, 9.17) is 5.11 Å². The normalized spacial score (nSPS) is 10.3. The number of aliphatic hydroxyl groups is 1. The van der Waals surface area contributed by atoms with E-state index < -0.39 is 4.92 Å². The van der Waals surface area contributed by atoms with Gasteiger partial charge in [-0.1, -0.05) is 0 Å². The van der Waals surface area contributed by atoms with Gasteiger partial charge in [0.05, 0.1) is 4.92 Å². The smallest absolute Gasteiger partial charge is 0.292 e. The van der Waals surface area contributed by atoms with Crippen LogP contribution in [0.2, 0.25) is 0 Å². The monoisotopic (exact) mass is 295 g/mol. The molecule has 0 bridgehead atoms. The van der Waals surface area contributed by atoms with E-state index in [0.29, 0.717) is 30.8 Å². The fourth-order valence-electron chi connectivity index (χ4n) is 2.03. The Morgan fingerprint density at radius 1 is 1.38 bits per heavy atom. The fraction of sp³-hybridized carbons (Fsp3) is 0.500. The number of carbonyl (C=O) groups is 1. The van der Waals surface area contributed by atoms with E-state index >= 15 is 0 Å². The van der Waals surface area contributed by atoms with Crippen LogP contribution in [0.5, 0.6) is 0 Å². The third kappa shape index (κ3) is 4.16. The highest BCUT2D eigenvalue weighted by Crippen LogP contribution is 2.29. The Hall–Kier alpha value is -2.15. The molecule has 0 heterocycles. The number of amides is 1. The molecule has 0 fully saturated rings. The number of hydrogen-bond acceptors (Lipinski definition) is 5. The van der Waals surface area contributed by atoms with Gasteiger partial charge in [0.25, 0.3) is 11.6 Å². The molecule has 0 saturated heterocycles. The standard InChI is InChI=1S/C14H21N3O4/c1-4-16(8-5-9-18)13-10-11(14(19)15(2)3)6-7-12(13)17(20)21/h6-7,10,18H,4-5,8-9H2,1-3H3. The van der Waals surface area contributed by atoms with Gasteiger partial charge in [-0.2, -0.15) is 0 Å². The van der Waals surface area contributed by atoms with Crippen LogP contribution in [-0.2, 0) is 0 Å². The van der Waals surface area contributed by atoms with E-state index in [-0.39, 0.29) is 18.2 Å². The largest absolute Gasteiger partial charge is 0.396 e. The molecule has 1 aromatic rings. The van der Waals surface area contributed by atoms with E-state index in [2.05, 4.69) is 0 Å². The Kier molecular flexibility index (Phi) is 6.10. The average Bonchev–Trinajstić information content (AvgIpc) is 2.46. The highest BCUT2D eigenvalue weighted by Gasteiger charge is 2.21. The maximum atomic E-state index is 12.0. The number of carbonyl (C=O) groups excluding carboxylic acids is 1. The Labute approximate surface area is 123 Å². The lowest BCUT2D eigenvalue weighted by molar-refractivity contribution is -0.384. The average molecular weight is 295 g/mol. The van der Waals surface area contributed by atoms with Crippen LogP contribution in [0.4, 0.5) is 11.4 Å². The van der Waals surface area contributed by atoms with Crippen molar-refractivity contribution in [2.45, 2.75) is 13.3 Å². The molecule has 1 rings (SSSR count). The van der Waals surface area contributed by atoms with Crippen LogP contribution in [0.25, 0.3) is 0 Å². The lowest BCUT2D eigenvalue weighted by Gasteiger charge is -2.23. The van der Waals surface area contributed by atoms with Crippen molar-refractivity contribution in [3.8, 4) is 0 Å². The Morgan fingerprint density at radius 3 is 2.52 bits per heavy atom. The summed E-state index contributed by atoms with van der Waals surface area (Å²) in [5, 5.41) is 20.1. The molecule has 1 amide bonds. The second-order valence-electron chi connectivity index (χ2n) is 4.82. The summed E-state index contributed by atoms with van der Waals surface area (Å²) in [7, 11) is 3.26. The van der Waals surface area contributed by atoms with Crippen LogP contribution in [0.1, 0.15) is 23.7 Å². The third-order valence-electron chi connectivity index (χ3n) is 3.13. The fourth-order valence-corrected chi connectivity index (χ4v) is 2.03. The van der Waals surface area contributed by atoms with Gasteiger partial charge in [-0.25, -0.2) is 0 Å². The number of aliphatic hydroxyl groups excluding tert-OH is 1. The summed E-state index contributed by atoms with van der Waals surface area (Å²) in [5.41, 5.74) is 0.775. The molecule has 0 atom stereocenters. The summed E-state index contributed by atoms with van der Waals surface area (Å²) in [6.07, 6.45) is 0.511. The molecule has 7 heteroatoms. The summed E-state index contributed by atoms with van der Waals surface area (Å²) in [5.74, 6) is -0.204. The van der Waals surface area contributed by atoms with Gasteiger partial charge < -0.3 is 14.9 Å². The summed E-state index contributed by atoms with van der Waals surface area (Å²) < 4.78 is 0. The zero-order valence-electron chi connectivity index (χ0n) is 12.6. The van der Waals surface area contributed by atoms with Crippen molar-refractivity contribution < 1.29 is 14.8 Å². The Morgan fingerprint density at radius 2 is 2.05 bits per heavy atom. The molecule has 0 aromatic heterocycles. The van der Waals surface area contributed by atoms with Gasteiger partial charge in [0.1, 0.15) is 5.69 Å². The summed E-state index contributed by atoms with van der Waals surface area (Å²) >= 11 is 0. The molecular weight excluding hydrogens is 274 g/mol. The number of nitro benzene ring substituents is 1. The molecule has 0 radical (unpaired) electrons. The molecule has 0 aliphatic carbocycles. The summed E-state index contributed by atoms with van der Waals surface area (Å²) in [4.78, 5) is 25.9. The van der Waals surface area contributed by atoms with Crippen LogP contribution in [-0.4, -0.2) is 54.6 Å². The Bertz CT molecular complexity index is 517. The van der Waals surface area contributed by atoms with Crippen LogP contribution in [0.15, 0.2) is 18.2 Å². The van der Waals surface area contributed by atoms with Crippen LogP contribution in [0, 0.1) is 10.1 Å². The molecule has 1 aromatic carbocycles. The molecule has 21 heavy (non-hydrogen) atoms. The van der Waals surface area contributed by atoms with E-state index in [1.165, 1.54) is 17.0 Å². The van der Waals surface area contributed by atoms with Crippen molar-refractivity contribution in [2.75, 3.05) is 38.7 Å². The second-order valence-corrected chi connectivity index (χ2v) is 4.82. The number of nitrogens with zero attached hydrogens (tertiary/aromatic N) is 3. The third-order valence-corrected chi connectivity index (χ3v) is 3.13. The summed E-state index contributed by atoms with van der Waals surface area (Å²) in [6, 6.07) is 4.36. The highest BCUT2D eigenvalue weighted by atomic mass is 16.6. The number of rotatable bonds is 7. The summed E-state index contributed by atoms with van der Waals surface area (Å²) in [6.45, 7) is 2.94. The lowest BCUT2D eigenvalue weighted by Crippen LogP contribution is -2.27. The lowest BCUT2D eigenvalue weighted by atomic mass is 10.1. The minimum atomic E-state index is -0.457. The van der Waals surface area contributed by atoms with Crippen molar-refractivity contribution >= 4 is 17.3 Å². The quantitative estimate of drug-likeness (QED) is 0.608. The molecule has 1 N–H and O–H groups in total. The predicted octanol–water partition coefficient (Wildman–Crippen LogP) is 1.51. The van der Waals surface area contributed by atoms with Crippen molar-refractivity contribution in [1.29, 1.82) is 0 Å². The van der Waals surface area contributed by atoms with Gasteiger partial charge in [-0.15, -0.1) is 0 Å². The number of nitro groups is 1. The van der Waals surface area contributed by atoms with Crippen molar-refractivity contribution in [1.82, 2.24) is 4.90 Å². The zero-order valence-corrected chi connectivity index (χ0v) is 12.6. The molecule has 116 valence electrons. The van der Waals surface area contributed by atoms with Crippen molar-refractivity contribution in [3.05, 3.63) is 33.9 Å². The van der Waals surface area contributed by atoms with Crippen LogP contribution < -0.4 is 4.90 Å². The van der Waals surface area contributed by atoms with Crippen LogP contribution in [0.3, 0.4) is 0 Å². The van der Waals surface area contributed by atoms with Crippen molar-refractivity contribution in [3.63, 3.8) is 0 Å². The maximum absolute atomic E-state index is 12.0. The maximum Gasteiger partial charge on any atom is 0.292 e. The molecule has 0 aliphatic rings. The van der Waals surface area contributed by atoms with Gasteiger partial charge in [0.2, 0.25) is 0 Å². The topological polar surface area (TPSA) is 86.9 Å². The number of hydrogen-bond donors (Lipinski definition) is 1. The number of benzene rings is 1. The first-order valence-electron chi connectivity index (χ1n) is 6.78. The van der Waals surface area contributed by atoms with E-state index in [1.807, 2.05) is 6.92 Å². The highest BCUT2D eigenvalue weighted by molar-refractivity contribution is 5.95. The minimum absolute atomic E-state index is 0.0145. The molecule has 7 nitrogen and oxygen atoms in total. The van der Waals surface area contributed by atoms with Gasteiger partial charge >= 0.3 is 0 Å². The van der Waals surface area contributed by atoms with E-state index in [1.54, 1.807) is 25.1 Å². The molecule has 0 aliphatic heterocycles. The molecule has 0 saturated carbocycles. The Balaban J connectivity index is 3.26. The van der Waals surface area contributed by atoms with Gasteiger partial charge in [0, 0.05) is 45.4 Å². The zero-order chi connectivity index (χ0) is 16.0. The van der Waals surface area contributed by atoms with Gasteiger partial charge in [0.15, 0.2) is 0 Å². The van der Waals surface area contributed by atoms with E-state index in [0.717, 1.165) is 0 Å². The van der Waals surface area contributed by atoms with Gasteiger partial charge in [-0.3, -0.25) is 14.9 Å². The number of anilines is 1. The predicted molar refractivity (Wildman–Crippen MR) is 80.7 cm³/mol. The van der Waals surface area contributed by atoms with Crippen molar-refractivity contribution in [2.24, 2.45) is 0 Å². The molecule has 0 spiro atoms.